The van der Waals surface area contributed by atoms with E-state index < -0.39 is 0 Å². The molecule has 0 aliphatic carbocycles. The fourth-order valence-electron chi connectivity index (χ4n) is 3.22. The summed E-state index contributed by atoms with van der Waals surface area (Å²) < 4.78 is 0. The minimum Gasteiger partial charge on any atom is -0.295 e. The van der Waals surface area contributed by atoms with Gasteiger partial charge in [0.05, 0.1) is 0 Å². The molecule has 0 unspecified atom stereocenters. The van der Waals surface area contributed by atoms with E-state index in [0.717, 1.165) is 19.4 Å². The van der Waals surface area contributed by atoms with Crippen LogP contribution in [0.5, 0.6) is 0 Å². The second-order valence-electron chi connectivity index (χ2n) is 5.40. The number of fused-ring (bicyclic) bond motifs is 3. The van der Waals surface area contributed by atoms with Crippen molar-refractivity contribution >= 4 is 5.71 Å². The van der Waals surface area contributed by atoms with Crippen molar-refractivity contribution in [3.63, 3.8) is 0 Å². The van der Waals surface area contributed by atoms with Crippen molar-refractivity contribution in [2.75, 3.05) is 19.6 Å². The lowest BCUT2D eigenvalue weighted by Crippen LogP contribution is -2.41. The van der Waals surface area contributed by atoms with Crippen molar-refractivity contribution in [3.05, 3.63) is 35.4 Å². The van der Waals surface area contributed by atoms with Gasteiger partial charge in [-0.1, -0.05) is 31.2 Å². The summed E-state index contributed by atoms with van der Waals surface area (Å²) in [6.07, 6.45) is 4.71. The van der Waals surface area contributed by atoms with Gasteiger partial charge < -0.3 is 0 Å². The minimum absolute atomic E-state index is 0.597. The Bertz CT molecular complexity index is 450. The second-order valence-corrected chi connectivity index (χ2v) is 5.40. The average molecular weight is 242 g/mol. The fourth-order valence-corrected chi connectivity index (χ4v) is 3.22. The highest BCUT2D eigenvalue weighted by Crippen LogP contribution is 2.35. The Morgan fingerprint density at radius 2 is 2.06 bits per heavy atom. The van der Waals surface area contributed by atoms with Crippen LogP contribution in [0, 0.1) is 0 Å². The van der Waals surface area contributed by atoms with Gasteiger partial charge in [0.15, 0.2) is 0 Å². The Hall–Kier alpha value is -1.15. The molecule has 2 aliphatic heterocycles. The van der Waals surface area contributed by atoms with Gasteiger partial charge in [0.25, 0.3) is 0 Å². The summed E-state index contributed by atoms with van der Waals surface area (Å²) >= 11 is 0. The lowest BCUT2D eigenvalue weighted by Gasteiger charge is -2.41. The van der Waals surface area contributed by atoms with E-state index in [-0.39, 0.29) is 0 Å². The van der Waals surface area contributed by atoms with Gasteiger partial charge in [-0.15, -0.1) is 0 Å². The third kappa shape index (κ3) is 2.22. The van der Waals surface area contributed by atoms with Crippen LogP contribution in [-0.2, 0) is 6.42 Å². The van der Waals surface area contributed by atoms with Gasteiger partial charge in [-0.3, -0.25) is 9.89 Å². The Morgan fingerprint density at radius 1 is 1.22 bits per heavy atom. The third-order valence-electron chi connectivity index (χ3n) is 4.20. The van der Waals surface area contributed by atoms with Crippen LogP contribution in [0.3, 0.4) is 0 Å². The number of hydrogen-bond donors (Lipinski definition) is 0. The highest BCUT2D eigenvalue weighted by Gasteiger charge is 2.31. The van der Waals surface area contributed by atoms with Crippen LogP contribution in [0.25, 0.3) is 0 Å². The SMILES string of the molecule is CCCN=C1CCN2CCc3ccccc3[C@@H]2C1. The van der Waals surface area contributed by atoms with Crippen molar-refractivity contribution in [1.29, 1.82) is 0 Å². The van der Waals surface area contributed by atoms with Crippen molar-refractivity contribution in [2.45, 2.75) is 38.6 Å². The zero-order valence-electron chi connectivity index (χ0n) is 11.2. The smallest absolute Gasteiger partial charge is 0.0403 e. The first-order chi connectivity index (χ1) is 8.88. The van der Waals surface area contributed by atoms with Gasteiger partial charge in [0.2, 0.25) is 0 Å². The molecule has 1 aromatic rings. The number of hydrogen-bond acceptors (Lipinski definition) is 2. The Morgan fingerprint density at radius 3 is 2.94 bits per heavy atom. The maximum atomic E-state index is 4.76. The summed E-state index contributed by atoms with van der Waals surface area (Å²) in [5, 5.41) is 0. The lowest BCUT2D eigenvalue weighted by molar-refractivity contribution is 0.180. The molecule has 2 aliphatic rings. The maximum Gasteiger partial charge on any atom is 0.0403 e. The second kappa shape index (κ2) is 5.23. The lowest BCUT2D eigenvalue weighted by atomic mass is 9.86. The van der Waals surface area contributed by atoms with Gasteiger partial charge in [-0.25, -0.2) is 0 Å². The molecular weight excluding hydrogens is 220 g/mol. The normalized spacial score (nSPS) is 25.8. The van der Waals surface area contributed by atoms with E-state index >= 15 is 0 Å². The van der Waals surface area contributed by atoms with E-state index in [1.165, 1.54) is 31.6 Å². The molecule has 1 aromatic carbocycles. The van der Waals surface area contributed by atoms with Crippen LogP contribution in [-0.4, -0.2) is 30.2 Å². The molecule has 0 spiro atoms. The summed E-state index contributed by atoms with van der Waals surface area (Å²) in [6, 6.07) is 9.56. The number of aliphatic imine (C=N–C) groups is 1. The van der Waals surface area contributed by atoms with Crippen molar-refractivity contribution < 1.29 is 0 Å². The average Bonchev–Trinajstić information content (AvgIpc) is 2.45. The van der Waals surface area contributed by atoms with Crippen LogP contribution in [0.4, 0.5) is 0 Å². The maximum absolute atomic E-state index is 4.76. The summed E-state index contributed by atoms with van der Waals surface area (Å²) in [5.74, 6) is 0. The van der Waals surface area contributed by atoms with Crippen LogP contribution < -0.4 is 0 Å². The van der Waals surface area contributed by atoms with Crippen molar-refractivity contribution in [1.82, 2.24) is 4.90 Å². The van der Waals surface area contributed by atoms with Gasteiger partial charge in [0.1, 0.15) is 0 Å². The molecule has 3 rings (SSSR count). The van der Waals surface area contributed by atoms with E-state index in [0.29, 0.717) is 6.04 Å². The molecule has 1 atom stereocenters. The first-order valence-corrected chi connectivity index (χ1v) is 7.22. The largest absolute Gasteiger partial charge is 0.295 e. The van der Waals surface area contributed by atoms with Gasteiger partial charge >= 0.3 is 0 Å². The van der Waals surface area contributed by atoms with Gasteiger partial charge in [-0.05, 0) is 30.4 Å². The molecule has 0 radical (unpaired) electrons. The van der Waals surface area contributed by atoms with Crippen LogP contribution >= 0.6 is 0 Å². The van der Waals surface area contributed by atoms with Crippen LogP contribution in [0.15, 0.2) is 29.3 Å². The predicted molar refractivity (Wildman–Crippen MR) is 76.3 cm³/mol. The molecule has 0 N–H and O–H groups in total. The molecule has 0 bridgehead atoms. The quantitative estimate of drug-likeness (QED) is 0.777. The predicted octanol–water partition coefficient (Wildman–Crippen LogP) is 3.23. The number of piperidine rings is 1. The Balaban J connectivity index is 1.84. The van der Waals surface area contributed by atoms with E-state index in [2.05, 4.69) is 36.1 Å². The van der Waals surface area contributed by atoms with Crippen molar-refractivity contribution in [2.24, 2.45) is 4.99 Å². The first kappa shape index (κ1) is 11.9. The molecule has 96 valence electrons. The Labute approximate surface area is 110 Å². The van der Waals surface area contributed by atoms with Crippen LogP contribution in [0.2, 0.25) is 0 Å². The minimum atomic E-state index is 0.597. The summed E-state index contributed by atoms with van der Waals surface area (Å²) in [6.45, 7) is 5.63. The molecule has 18 heavy (non-hydrogen) atoms. The zero-order valence-corrected chi connectivity index (χ0v) is 11.2. The summed E-state index contributed by atoms with van der Waals surface area (Å²) in [4.78, 5) is 7.40. The van der Waals surface area contributed by atoms with E-state index in [4.69, 9.17) is 4.99 Å². The zero-order chi connectivity index (χ0) is 12.4. The third-order valence-corrected chi connectivity index (χ3v) is 4.20. The summed E-state index contributed by atoms with van der Waals surface area (Å²) in [5.41, 5.74) is 4.54. The van der Waals surface area contributed by atoms with E-state index in [1.807, 2.05) is 0 Å². The number of rotatable bonds is 2. The molecule has 0 amide bonds. The molecule has 1 fully saturated rings. The molecular formula is C16H22N2. The number of benzene rings is 1. The van der Waals surface area contributed by atoms with Crippen LogP contribution in [0.1, 0.15) is 43.4 Å². The molecule has 0 aromatic heterocycles. The highest BCUT2D eigenvalue weighted by atomic mass is 15.2. The summed E-state index contributed by atoms with van der Waals surface area (Å²) in [7, 11) is 0. The van der Waals surface area contributed by atoms with Crippen molar-refractivity contribution in [3.8, 4) is 0 Å². The molecule has 2 heteroatoms. The molecule has 2 nitrogen and oxygen atoms in total. The number of nitrogens with zero attached hydrogens (tertiary/aromatic N) is 2. The topological polar surface area (TPSA) is 15.6 Å². The van der Waals surface area contributed by atoms with E-state index in [9.17, 15) is 0 Å². The molecule has 2 heterocycles. The van der Waals surface area contributed by atoms with Gasteiger partial charge in [0, 0.05) is 37.8 Å². The monoisotopic (exact) mass is 242 g/mol. The Kier molecular flexibility index (Phi) is 3.46. The highest BCUT2D eigenvalue weighted by molar-refractivity contribution is 5.86. The first-order valence-electron chi connectivity index (χ1n) is 7.22. The fraction of sp³-hybridized carbons (Fsp3) is 0.562. The molecule has 0 saturated carbocycles. The van der Waals surface area contributed by atoms with Gasteiger partial charge in [-0.2, -0.15) is 0 Å². The standard InChI is InChI=1S/C16H22N2/c1-2-9-17-14-8-11-18-10-7-13-5-3-4-6-15(13)16(18)12-14/h3-6,16H,2,7-12H2,1H3/t16-/m0/s1. The van der Waals surface area contributed by atoms with E-state index in [1.54, 1.807) is 11.1 Å². The molecule has 1 saturated heterocycles.